The molecule has 1 unspecified atom stereocenters. The third kappa shape index (κ3) is 8.66. The van der Waals surface area contributed by atoms with E-state index in [0.29, 0.717) is 19.4 Å². The van der Waals surface area contributed by atoms with Gasteiger partial charge in [0, 0.05) is 6.54 Å². The third-order valence-electron chi connectivity index (χ3n) is 6.50. The number of phenolic OH excluding ortho intramolecular Hbond substituents is 1. The monoisotopic (exact) mass is 463 g/mol. The van der Waals surface area contributed by atoms with Crippen molar-refractivity contribution in [2.45, 2.75) is 83.7 Å². The Labute approximate surface area is 197 Å². The molecule has 0 aromatic heterocycles. The molecule has 2 amide bonds. The highest BCUT2D eigenvalue weighted by Crippen LogP contribution is 2.27. The largest absolute Gasteiger partial charge is 0.508 e. The van der Waals surface area contributed by atoms with Gasteiger partial charge < -0.3 is 21.5 Å². The molecule has 2 atom stereocenters. The van der Waals surface area contributed by atoms with Crippen molar-refractivity contribution in [2.24, 2.45) is 11.7 Å². The second kappa shape index (κ2) is 13.7. The van der Waals surface area contributed by atoms with E-state index >= 15 is 0 Å². The van der Waals surface area contributed by atoms with Gasteiger partial charge in [0.1, 0.15) is 11.8 Å². The van der Waals surface area contributed by atoms with E-state index in [1.54, 1.807) is 23.9 Å². The molecule has 1 aromatic carbocycles. The van der Waals surface area contributed by atoms with Crippen LogP contribution in [0.3, 0.4) is 0 Å². The first-order valence-corrected chi connectivity index (χ1v) is 13.3. The van der Waals surface area contributed by atoms with Gasteiger partial charge in [-0.05, 0) is 86.3 Å². The Bertz CT molecular complexity index is 727. The van der Waals surface area contributed by atoms with Crippen molar-refractivity contribution in [1.29, 1.82) is 0 Å². The normalized spacial score (nSPS) is 16.4. The molecule has 0 bridgehead atoms. The molecule has 7 heteroatoms. The Balaban J connectivity index is 1.86. The summed E-state index contributed by atoms with van der Waals surface area (Å²) in [5.41, 5.74) is 8.96. The van der Waals surface area contributed by atoms with Gasteiger partial charge >= 0.3 is 0 Å². The maximum Gasteiger partial charge on any atom is 0.242 e. The number of hydrogen-bond acceptors (Lipinski definition) is 5. The molecule has 5 N–H and O–H groups in total. The van der Waals surface area contributed by atoms with Gasteiger partial charge in [0.15, 0.2) is 0 Å². The maximum atomic E-state index is 12.8. The van der Waals surface area contributed by atoms with Crippen LogP contribution >= 0.6 is 11.8 Å². The summed E-state index contributed by atoms with van der Waals surface area (Å²) >= 11 is 1.65. The summed E-state index contributed by atoms with van der Waals surface area (Å²) < 4.78 is 0. The number of carbonyl (C=O) groups is 2. The van der Waals surface area contributed by atoms with Crippen LogP contribution in [-0.4, -0.2) is 47.6 Å². The molecule has 0 aliphatic heterocycles. The molecule has 180 valence electrons. The molecule has 0 heterocycles. The molecular weight excluding hydrogens is 422 g/mol. The van der Waals surface area contributed by atoms with Gasteiger partial charge in [-0.1, -0.05) is 32.1 Å². The Morgan fingerprint density at radius 3 is 2.44 bits per heavy atom. The first-order chi connectivity index (χ1) is 15.3. The Morgan fingerprint density at radius 1 is 1.16 bits per heavy atom. The molecule has 1 aromatic rings. The highest BCUT2D eigenvalue weighted by molar-refractivity contribution is 7.98. The number of benzene rings is 1. The highest BCUT2D eigenvalue weighted by Gasteiger charge is 2.24. The average Bonchev–Trinajstić information content (AvgIpc) is 2.76. The summed E-state index contributed by atoms with van der Waals surface area (Å²) in [6.07, 6.45) is 11.7. The maximum absolute atomic E-state index is 12.8. The number of phenols is 1. The van der Waals surface area contributed by atoms with E-state index in [4.69, 9.17) is 5.73 Å². The van der Waals surface area contributed by atoms with Gasteiger partial charge in [-0.15, -0.1) is 0 Å². The Morgan fingerprint density at radius 2 is 1.81 bits per heavy atom. The fourth-order valence-corrected chi connectivity index (χ4v) is 5.06. The number of nitrogens with one attached hydrogen (secondary N) is 2. The standard InChI is InChI=1S/C25H41N3O3S/c1-17-14-20(29)15-18(2)21(17)16-22(26)24(30)28-23(11-13-32-3)25(31)27-12-7-10-19-8-5-4-6-9-19/h14-15,19,22-23,29H,4-13,16,26H2,1-3H3,(H,27,31)(H,28,30)/t22?,23-/m1/s1. The van der Waals surface area contributed by atoms with Crippen molar-refractivity contribution in [3.63, 3.8) is 0 Å². The van der Waals surface area contributed by atoms with Crippen molar-refractivity contribution in [3.05, 3.63) is 28.8 Å². The number of aryl methyl sites for hydroxylation is 2. The zero-order valence-electron chi connectivity index (χ0n) is 19.9. The van der Waals surface area contributed by atoms with Crippen LogP contribution in [0.25, 0.3) is 0 Å². The van der Waals surface area contributed by atoms with Crippen LogP contribution in [0.2, 0.25) is 0 Å². The van der Waals surface area contributed by atoms with Gasteiger partial charge in [-0.25, -0.2) is 0 Å². The summed E-state index contributed by atoms with van der Waals surface area (Å²) in [5, 5.41) is 15.6. The fraction of sp³-hybridized carbons (Fsp3) is 0.680. The minimum atomic E-state index is -0.757. The quantitative estimate of drug-likeness (QED) is 0.355. The van der Waals surface area contributed by atoms with E-state index in [-0.39, 0.29) is 17.6 Å². The molecule has 1 aliphatic carbocycles. The lowest BCUT2D eigenvalue weighted by Gasteiger charge is -2.23. The zero-order chi connectivity index (χ0) is 23.5. The first kappa shape index (κ1) is 26.5. The van der Waals surface area contributed by atoms with Crippen molar-refractivity contribution in [3.8, 4) is 5.75 Å². The smallest absolute Gasteiger partial charge is 0.242 e. The summed E-state index contributed by atoms with van der Waals surface area (Å²) in [7, 11) is 0. The Hall–Kier alpha value is -1.73. The summed E-state index contributed by atoms with van der Waals surface area (Å²) in [6, 6.07) is 2.02. The molecule has 1 aliphatic rings. The lowest BCUT2D eigenvalue weighted by atomic mass is 9.86. The van der Waals surface area contributed by atoms with E-state index in [1.807, 2.05) is 20.1 Å². The molecule has 2 rings (SSSR count). The van der Waals surface area contributed by atoms with E-state index in [1.165, 1.54) is 38.5 Å². The van der Waals surface area contributed by atoms with E-state index in [0.717, 1.165) is 34.8 Å². The van der Waals surface area contributed by atoms with Gasteiger partial charge in [-0.3, -0.25) is 9.59 Å². The minimum absolute atomic E-state index is 0.125. The lowest BCUT2D eigenvalue weighted by molar-refractivity contribution is -0.129. The number of carbonyl (C=O) groups excluding carboxylic acids is 2. The second-order valence-corrected chi connectivity index (χ2v) is 10.1. The summed E-state index contributed by atoms with van der Waals surface area (Å²) in [4.78, 5) is 25.5. The van der Waals surface area contributed by atoms with Gasteiger partial charge in [0.2, 0.25) is 11.8 Å². The fourth-order valence-electron chi connectivity index (χ4n) is 4.59. The second-order valence-electron chi connectivity index (χ2n) is 9.15. The number of hydrogen-bond donors (Lipinski definition) is 4. The molecule has 32 heavy (non-hydrogen) atoms. The van der Waals surface area contributed by atoms with E-state index in [2.05, 4.69) is 10.6 Å². The molecule has 0 radical (unpaired) electrons. The van der Waals surface area contributed by atoms with Crippen LogP contribution in [0.4, 0.5) is 0 Å². The van der Waals surface area contributed by atoms with E-state index < -0.39 is 12.1 Å². The predicted molar refractivity (Wildman–Crippen MR) is 133 cm³/mol. The average molecular weight is 464 g/mol. The SMILES string of the molecule is CSCC[C@@H](NC(=O)C(N)Cc1c(C)cc(O)cc1C)C(=O)NCCCC1CCCCC1. The summed E-state index contributed by atoms with van der Waals surface area (Å²) in [6.45, 7) is 4.45. The predicted octanol–water partition coefficient (Wildman–Crippen LogP) is 3.59. The van der Waals surface area contributed by atoms with Crippen molar-refractivity contribution in [2.75, 3.05) is 18.6 Å². The topological polar surface area (TPSA) is 104 Å². The van der Waals surface area contributed by atoms with Crippen molar-refractivity contribution < 1.29 is 14.7 Å². The molecule has 0 spiro atoms. The molecular formula is C25H41N3O3S. The molecule has 1 fully saturated rings. The highest BCUT2D eigenvalue weighted by atomic mass is 32.2. The van der Waals surface area contributed by atoms with Crippen LogP contribution in [0.1, 0.15) is 68.1 Å². The molecule has 0 saturated heterocycles. The number of aromatic hydroxyl groups is 1. The van der Waals surface area contributed by atoms with Crippen LogP contribution in [0, 0.1) is 19.8 Å². The Kier molecular flexibility index (Phi) is 11.4. The van der Waals surface area contributed by atoms with Gasteiger partial charge in [0.25, 0.3) is 0 Å². The third-order valence-corrected chi connectivity index (χ3v) is 7.14. The van der Waals surface area contributed by atoms with Crippen molar-refractivity contribution in [1.82, 2.24) is 10.6 Å². The van der Waals surface area contributed by atoms with Crippen LogP contribution in [0.15, 0.2) is 12.1 Å². The van der Waals surface area contributed by atoms with Crippen LogP contribution in [-0.2, 0) is 16.0 Å². The van der Waals surface area contributed by atoms with Crippen LogP contribution < -0.4 is 16.4 Å². The number of amides is 2. The van der Waals surface area contributed by atoms with Crippen molar-refractivity contribution >= 4 is 23.6 Å². The molecule has 1 saturated carbocycles. The number of thioether (sulfide) groups is 1. The lowest BCUT2D eigenvalue weighted by Crippen LogP contribution is -2.52. The van der Waals surface area contributed by atoms with Crippen LogP contribution in [0.5, 0.6) is 5.75 Å². The van der Waals surface area contributed by atoms with E-state index in [9.17, 15) is 14.7 Å². The first-order valence-electron chi connectivity index (χ1n) is 11.9. The number of nitrogens with two attached hydrogens (primary N) is 1. The minimum Gasteiger partial charge on any atom is -0.508 e. The zero-order valence-corrected chi connectivity index (χ0v) is 20.7. The summed E-state index contributed by atoms with van der Waals surface area (Å²) in [5.74, 6) is 1.35. The van der Waals surface area contributed by atoms with Gasteiger partial charge in [-0.2, -0.15) is 11.8 Å². The molecule has 6 nitrogen and oxygen atoms in total. The van der Waals surface area contributed by atoms with Gasteiger partial charge in [0.05, 0.1) is 6.04 Å². The number of rotatable bonds is 12.